The van der Waals surface area contributed by atoms with Crippen LogP contribution in [0.3, 0.4) is 0 Å². The fraction of sp³-hybridized carbons (Fsp3) is 0.462. The minimum atomic E-state index is -0.757. The number of aliphatic hydroxyl groups is 1. The van der Waals surface area contributed by atoms with Crippen molar-refractivity contribution in [3.05, 3.63) is 53.9 Å². The van der Waals surface area contributed by atoms with E-state index in [1.807, 2.05) is 43.1 Å². The molecule has 0 fully saturated rings. The van der Waals surface area contributed by atoms with Crippen LogP contribution in [0.5, 0.6) is 11.5 Å². The van der Waals surface area contributed by atoms with Crippen molar-refractivity contribution in [3.8, 4) is 11.5 Å². The van der Waals surface area contributed by atoms with Crippen molar-refractivity contribution in [3.63, 3.8) is 0 Å². The van der Waals surface area contributed by atoms with Crippen molar-refractivity contribution < 1.29 is 29.3 Å². The number of hydrogen-bond acceptors (Lipinski definition) is 8. The van der Waals surface area contributed by atoms with E-state index in [0.29, 0.717) is 36.0 Å². The lowest BCUT2D eigenvalue weighted by Gasteiger charge is -2.24. The number of thioether (sulfide) groups is 1. The Morgan fingerprint density at radius 2 is 1.92 bits per heavy atom. The van der Waals surface area contributed by atoms with E-state index in [4.69, 9.17) is 20.3 Å². The Labute approximate surface area is 218 Å². The van der Waals surface area contributed by atoms with Gasteiger partial charge in [-0.15, -0.1) is 11.8 Å². The number of aliphatic hydroxyl groups excluding tert-OH is 1. The summed E-state index contributed by atoms with van der Waals surface area (Å²) < 4.78 is 9.87. The van der Waals surface area contributed by atoms with Crippen molar-refractivity contribution in [2.75, 3.05) is 37.6 Å². The number of aliphatic carboxylic acids is 1. The highest BCUT2D eigenvalue weighted by atomic mass is 32.2. The van der Waals surface area contributed by atoms with Gasteiger partial charge in [0.25, 0.3) is 5.91 Å². The third kappa shape index (κ3) is 10.2. The van der Waals surface area contributed by atoms with Crippen molar-refractivity contribution in [1.29, 1.82) is 0 Å². The Kier molecular flexibility index (Phi) is 13.6. The Balaban J connectivity index is 0.000000497. The van der Waals surface area contributed by atoms with Gasteiger partial charge in [0.05, 0.1) is 6.61 Å². The lowest BCUT2D eigenvalue weighted by atomic mass is 10.2. The first-order valence-corrected chi connectivity index (χ1v) is 12.7. The zero-order valence-corrected chi connectivity index (χ0v) is 22.6. The summed E-state index contributed by atoms with van der Waals surface area (Å²) >= 11 is 1.43. The molecule has 1 aliphatic heterocycles. The molecule has 0 saturated carbocycles. The molecule has 2 rings (SSSR count). The number of ether oxygens (including phenoxy) is 2. The maximum atomic E-state index is 12.4. The van der Waals surface area contributed by atoms with Crippen LogP contribution in [0.4, 0.5) is 5.69 Å². The standard InChI is InChI=1S/C18H25N3O4.C8H14O2S/c1-3-4-5-8-21(9-10-22)13(2)17(19)18(23)20-14-6-7-15-16(11-14)25-12-24-15;1-4-5-6-11-8(2,3)7(9)10/h4-7,11,22H,3,8-10,12,19H2,1-2H3,(H,20,23);4-5H,6H2,1-3H3,(H,9,10)/b5-4+,17-13-;5-4-. The smallest absolute Gasteiger partial charge is 0.319 e. The van der Waals surface area contributed by atoms with Gasteiger partial charge in [0.1, 0.15) is 10.4 Å². The van der Waals surface area contributed by atoms with E-state index < -0.39 is 16.6 Å². The number of allylic oxidation sites excluding steroid dienone is 3. The second-order valence-electron chi connectivity index (χ2n) is 8.27. The molecule has 0 spiro atoms. The summed E-state index contributed by atoms with van der Waals surface area (Å²) in [6.07, 6.45) is 8.82. The number of hydrogen-bond donors (Lipinski definition) is 4. The van der Waals surface area contributed by atoms with E-state index in [1.54, 1.807) is 39.0 Å². The fourth-order valence-corrected chi connectivity index (χ4v) is 3.64. The topological polar surface area (TPSA) is 134 Å². The predicted molar refractivity (Wildman–Crippen MR) is 145 cm³/mol. The van der Waals surface area contributed by atoms with Crippen LogP contribution in [0, 0.1) is 0 Å². The molecule has 36 heavy (non-hydrogen) atoms. The van der Waals surface area contributed by atoms with Crippen LogP contribution in [0.25, 0.3) is 0 Å². The van der Waals surface area contributed by atoms with E-state index in [2.05, 4.69) is 5.32 Å². The van der Waals surface area contributed by atoms with Gasteiger partial charge < -0.3 is 35.6 Å². The first-order chi connectivity index (χ1) is 17.1. The summed E-state index contributed by atoms with van der Waals surface area (Å²) in [5, 5.41) is 20.7. The molecule has 1 aliphatic rings. The number of amides is 1. The maximum absolute atomic E-state index is 12.4. The average molecular weight is 522 g/mol. The molecule has 0 atom stereocenters. The van der Waals surface area contributed by atoms with Crippen LogP contribution in [-0.4, -0.2) is 64.0 Å². The lowest BCUT2D eigenvalue weighted by Crippen LogP contribution is -2.31. The molecule has 0 unspecified atom stereocenters. The van der Waals surface area contributed by atoms with Gasteiger partial charge in [-0.1, -0.05) is 31.2 Å². The summed E-state index contributed by atoms with van der Waals surface area (Å²) in [5.41, 5.74) is 7.32. The van der Waals surface area contributed by atoms with Crippen LogP contribution in [-0.2, 0) is 9.59 Å². The number of benzene rings is 1. The first kappa shape index (κ1) is 30.9. The van der Waals surface area contributed by atoms with E-state index in [-0.39, 0.29) is 19.1 Å². The predicted octanol–water partition coefficient (Wildman–Crippen LogP) is 3.96. The van der Waals surface area contributed by atoms with E-state index in [1.165, 1.54) is 11.8 Å². The molecular formula is C26H39N3O6S. The van der Waals surface area contributed by atoms with Gasteiger partial charge in [0, 0.05) is 36.3 Å². The van der Waals surface area contributed by atoms with Crippen LogP contribution >= 0.6 is 11.8 Å². The van der Waals surface area contributed by atoms with Gasteiger partial charge in [-0.25, -0.2) is 0 Å². The number of nitrogens with two attached hydrogens (primary N) is 1. The van der Waals surface area contributed by atoms with Crippen LogP contribution in [0.1, 0.15) is 41.0 Å². The summed E-state index contributed by atoms with van der Waals surface area (Å²) in [7, 11) is 0. The highest BCUT2D eigenvalue weighted by molar-refractivity contribution is 8.01. The number of nitrogens with zero attached hydrogens (tertiary/aromatic N) is 1. The van der Waals surface area contributed by atoms with Gasteiger partial charge in [-0.3, -0.25) is 9.59 Å². The number of fused-ring (bicyclic) bond motifs is 1. The van der Waals surface area contributed by atoms with Crippen molar-refractivity contribution in [2.24, 2.45) is 5.73 Å². The molecule has 0 saturated heterocycles. The maximum Gasteiger partial charge on any atom is 0.319 e. The minimum absolute atomic E-state index is 0.0195. The Bertz CT molecular complexity index is 959. The number of carboxylic acids is 1. The van der Waals surface area contributed by atoms with Crippen molar-refractivity contribution >= 4 is 29.3 Å². The summed E-state index contributed by atoms with van der Waals surface area (Å²) in [5.74, 6) is 0.833. The fourth-order valence-electron chi connectivity index (χ4n) is 2.81. The van der Waals surface area contributed by atoms with E-state index in [0.717, 1.165) is 12.2 Å². The Morgan fingerprint density at radius 1 is 1.22 bits per heavy atom. The number of anilines is 1. The summed E-state index contributed by atoms with van der Waals surface area (Å²) in [6.45, 7) is 10.3. The highest BCUT2D eigenvalue weighted by Crippen LogP contribution is 2.34. The number of nitrogens with one attached hydrogen (secondary N) is 1. The van der Waals surface area contributed by atoms with E-state index in [9.17, 15) is 14.7 Å². The zero-order valence-electron chi connectivity index (χ0n) is 21.7. The highest BCUT2D eigenvalue weighted by Gasteiger charge is 2.26. The normalized spacial score (nSPS) is 13.3. The quantitative estimate of drug-likeness (QED) is 0.238. The van der Waals surface area contributed by atoms with E-state index >= 15 is 0 Å². The van der Waals surface area contributed by atoms with Crippen LogP contribution in [0.2, 0.25) is 0 Å². The first-order valence-electron chi connectivity index (χ1n) is 11.7. The molecule has 0 aromatic heterocycles. The molecule has 1 aromatic rings. The Morgan fingerprint density at radius 3 is 2.53 bits per heavy atom. The third-order valence-corrected chi connectivity index (χ3v) is 6.38. The van der Waals surface area contributed by atoms with Crippen molar-refractivity contribution in [2.45, 2.75) is 45.8 Å². The van der Waals surface area contributed by atoms with Crippen molar-refractivity contribution in [1.82, 2.24) is 4.90 Å². The molecule has 10 heteroatoms. The SMILES string of the molecule is C/C=C\CSC(C)(C)C(=O)O.CC/C=C/CN(CCO)/C(C)=C(\N)C(=O)Nc1ccc2c(c1)OCO2. The molecule has 9 nitrogen and oxygen atoms in total. The number of carbonyl (C=O) groups excluding carboxylic acids is 1. The van der Waals surface area contributed by atoms with Gasteiger partial charge >= 0.3 is 5.97 Å². The zero-order chi connectivity index (χ0) is 27.1. The lowest BCUT2D eigenvalue weighted by molar-refractivity contribution is -0.138. The Hall–Kier alpha value is -3.11. The monoisotopic (exact) mass is 521 g/mol. The van der Waals surface area contributed by atoms with Gasteiger partial charge in [-0.05, 0) is 46.2 Å². The summed E-state index contributed by atoms with van der Waals surface area (Å²) in [6, 6.07) is 5.15. The molecule has 0 aliphatic carbocycles. The molecule has 0 bridgehead atoms. The van der Waals surface area contributed by atoms with Crippen LogP contribution < -0.4 is 20.5 Å². The minimum Gasteiger partial charge on any atom is -0.480 e. The van der Waals surface area contributed by atoms with Gasteiger partial charge in [-0.2, -0.15) is 0 Å². The number of rotatable bonds is 12. The molecule has 0 radical (unpaired) electrons. The number of carboxylic acid groups (broad SMARTS) is 1. The second kappa shape index (κ2) is 15.8. The molecule has 1 aromatic carbocycles. The largest absolute Gasteiger partial charge is 0.480 e. The van der Waals surface area contributed by atoms with Gasteiger partial charge in [0.15, 0.2) is 11.5 Å². The number of carbonyl (C=O) groups is 2. The second-order valence-corrected chi connectivity index (χ2v) is 9.91. The average Bonchev–Trinajstić information content (AvgIpc) is 3.31. The molecule has 1 amide bonds. The molecular weight excluding hydrogens is 482 g/mol. The molecule has 200 valence electrons. The summed E-state index contributed by atoms with van der Waals surface area (Å²) in [4.78, 5) is 24.9. The molecule has 1 heterocycles. The molecule has 5 N–H and O–H groups in total. The van der Waals surface area contributed by atoms with Gasteiger partial charge in [0.2, 0.25) is 6.79 Å². The third-order valence-electron chi connectivity index (χ3n) is 5.13. The van der Waals surface area contributed by atoms with Crippen LogP contribution in [0.15, 0.2) is 53.9 Å².